The molecule has 1 aliphatic heterocycles. The smallest absolute Gasteiger partial charge is 0.224 e. The molecule has 0 amide bonds. The summed E-state index contributed by atoms with van der Waals surface area (Å²) in [5.74, 6) is -0.438. The second kappa shape index (κ2) is 6.60. The number of rotatable bonds is 3. The van der Waals surface area contributed by atoms with Crippen LogP contribution >= 0.6 is 11.6 Å². The van der Waals surface area contributed by atoms with E-state index in [0.717, 1.165) is 17.9 Å². The van der Waals surface area contributed by atoms with Gasteiger partial charge in [0.2, 0.25) is 10.0 Å². The molecular formula is C17H17ClFNO4S2. The van der Waals surface area contributed by atoms with Gasteiger partial charge < -0.3 is 0 Å². The minimum atomic E-state index is -4.07. The van der Waals surface area contributed by atoms with Crippen molar-refractivity contribution < 1.29 is 21.2 Å². The van der Waals surface area contributed by atoms with Crippen LogP contribution in [-0.4, -0.2) is 33.9 Å². The maximum atomic E-state index is 13.6. The third kappa shape index (κ3) is 3.38. The van der Waals surface area contributed by atoms with Crippen LogP contribution in [0.4, 0.5) is 4.39 Å². The number of benzene rings is 2. The van der Waals surface area contributed by atoms with Gasteiger partial charge in [-0.1, -0.05) is 17.7 Å². The van der Waals surface area contributed by atoms with Crippen molar-refractivity contribution >= 4 is 31.5 Å². The Morgan fingerprint density at radius 1 is 1.12 bits per heavy atom. The highest BCUT2D eigenvalue weighted by Crippen LogP contribution is 2.36. The summed E-state index contributed by atoms with van der Waals surface area (Å²) in [4.78, 5) is -0.398. The van der Waals surface area contributed by atoms with Crippen LogP contribution in [0.2, 0.25) is 5.02 Å². The lowest BCUT2D eigenvalue weighted by Crippen LogP contribution is -2.39. The fourth-order valence-corrected chi connectivity index (χ4v) is 5.96. The summed E-state index contributed by atoms with van der Waals surface area (Å²) in [6, 6.07) is 7.33. The summed E-state index contributed by atoms with van der Waals surface area (Å²) in [7, 11) is -7.66. The summed E-state index contributed by atoms with van der Waals surface area (Å²) < 4.78 is 64.7. The van der Waals surface area contributed by atoms with Crippen molar-refractivity contribution in [1.29, 1.82) is 0 Å². The fraction of sp³-hybridized carbons (Fsp3) is 0.294. The molecule has 2 aromatic carbocycles. The Labute approximate surface area is 157 Å². The lowest BCUT2D eigenvalue weighted by atomic mass is 9.95. The third-order valence-electron chi connectivity index (χ3n) is 4.51. The largest absolute Gasteiger partial charge is 0.245 e. The lowest BCUT2D eigenvalue weighted by molar-refractivity contribution is 0.325. The zero-order chi connectivity index (χ0) is 19.3. The summed E-state index contributed by atoms with van der Waals surface area (Å²) in [5.41, 5.74) is 1.48. The molecule has 0 aromatic heterocycles. The van der Waals surface area contributed by atoms with Crippen molar-refractivity contribution in [3.05, 3.63) is 58.4 Å². The molecule has 0 saturated heterocycles. The molecule has 0 aliphatic carbocycles. The highest BCUT2D eigenvalue weighted by Gasteiger charge is 2.35. The maximum Gasteiger partial charge on any atom is 0.245 e. The van der Waals surface area contributed by atoms with Gasteiger partial charge in [0.1, 0.15) is 10.7 Å². The topological polar surface area (TPSA) is 71.5 Å². The van der Waals surface area contributed by atoms with E-state index in [1.54, 1.807) is 13.0 Å². The lowest BCUT2D eigenvalue weighted by Gasteiger charge is -2.34. The van der Waals surface area contributed by atoms with Gasteiger partial charge in [0.15, 0.2) is 9.84 Å². The van der Waals surface area contributed by atoms with E-state index in [0.29, 0.717) is 12.0 Å². The predicted octanol–water partition coefficient (Wildman–Crippen LogP) is 3.19. The van der Waals surface area contributed by atoms with Crippen LogP contribution in [0, 0.1) is 5.82 Å². The Bertz CT molecular complexity index is 1080. The summed E-state index contributed by atoms with van der Waals surface area (Å²) >= 11 is 6.06. The monoisotopic (exact) mass is 417 g/mol. The first-order valence-electron chi connectivity index (χ1n) is 7.81. The highest BCUT2D eigenvalue weighted by molar-refractivity contribution is 7.91. The molecular weight excluding hydrogens is 401 g/mol. The van der Waals surface area contributed by atoms with Crippen molar-refractivity contribution in [2.75, 3.05) is 12.8 Å². The Kier molecular flexibility index (Phi) is 4.89. The van der Waals surface area contributed by atoms with Gasteiger partial charge in [0.05, 0.1) is 9.92 Å². The molecule has 0 bridgehead atoms. The second-order valence-electron chi connectivity index (χ2n) is 6.25. The van der Waals surface area contributed by atoms with Gasteiger partial charge in [0.25, 0.3) is 0 Å². The molecule has 0 spiro atoms. The van der Waals surface area contributed by atoms with Gasteiger partial charge in [-0.2, -0.15) is 4.31 Å². The highest BCUT2D eigenvalue weighted by atomic mass is 35.5. The molecule has 1 heterocycles. The molecule has 0 saturated carbocycles. The van der Waals surface area contributed by atoms with Crippen LogP contribution in [0.5, 0.6) is 0 Å². The Morgan fingerprint density at radius 2 is 1.81 bits per heavy atom. The van der Waals surface area contributed by atoms with E-state index >= 15 is 0 Å². The molecule has 3 rings (SSSR count). The Balaban J connectivity index is 2.10. The molecule has 1 aliphatic rings. The van der Waals surface area contributed by atoms with Crippen LogP contribution in [0.25, 0.3) is 0 Å². The maximum absolute atomic E-state index is 13.6. The van der Waals surface area contributed by atoms with Crippen molar-refractivity contribution in [2.24, 2.45) is 0 Å². The average Bonchev–Trinajstić information content (AvgIpc) is 2.54. The molecule has 2 aromatic rings. The van der Waals surface area contributed by atoms with Gasteiger partial charge in [-0.3, -0.25) is 0 Å². The molecule has 5 nitrogen and oxygen atoms in total. The molecule has 1 unspecified atom stereocenters. The van der Waals surface area contributed by atoms with E-state index in [4.69, 9.17) is 11.6 Å². The van der Waals surface area contributed by atoms with Crippen molar-refractivity contribution in [1.82, 2.24) is 4.31 Å². The summed E-state index contributed by atoms with van der Waals surface area (Å²) in [6.07, 6.45) is 1.43. The molecule has 0 N–H and O–H groups in total. The van der Waals surface area contributed by atoms with E-state index in [2.05, 4.69) is 0 Å². The van der Waals surface area contributed by atoms with Crippen molar-refractivity contribution in [3.8, 4) is 0 Å². The molecule has 0 fully saturated rings. The first kappa shape index (κ1) is 19.3. The number of nitrogens with zero attached hydrogens (tertiary/aromatic N) is 1. The number of sulfone groups is 1. The number of hydrogen-bond acceptors (Lipinski definition) is 4. The summed E-state index contributed by atoms with van der Waals surface area (Å²) in [6.45, 7) is 1.87. The van der Waals surface area contributed by atoms with Crippen LogP contribution in [0.3, 0.4) is 0 Å². The number of sulfonamides is 1. The quantitative estimate of drug-likeness (QED) is 0.768. The molecule has 0 radical (unpaired) electrons. The van der Waals surface area contributed by atoms with Crippen molar-refractivity contribution in [3.63, 3.8) is 0 Å². The van der Waals surface area contributed by atoms with Crippen LogP contribution < -0.4 is 0 Å². The Morgan fingerprint density at radius 3 is 2.46 bits per heavy atom. The normalized spacial score (nSPS) is 18.5. The van der Waals surface area contributed by atoms with E-state index in [9.17, 15) is 21.2 Å². The van der Waals surface area contributed by atoms with E-state index < -0.39 is 31.7 Å². The standard InChI is InChI=1S/C17H17ClFNO4S2/c1-11-15-9-13(19)4-3-12(15)7-8-20(11)26(23,24)17-10-14(25(2,21)22)5-6-16(17)18/h3-6,9-11H,7-8H2,1-2H3. The fourth-order valence-electron chi connectivity index (χ4n) is 3.13. The van der Waals surface area contributed by atoms with Crippen LogP contribution in [-0.2, 0) is 26.3 Å². The molecule has 9 heteroatoms. The number of fused-ring (bicyclic) bond motifs is 1. The predicted molar refractivity (Wildman–Crippen MR) is 97.0 cm³/mol. The first-order valence-corrected chi connectivity index (χ1v) is 11.5. The SMILES string of the molecule is CC1c2cc(F)ccc2CCN1S(=O)(=O)c1cc(S(C)(=O)=O)ccc1Cl. The molecule has 140 valence electrons. The second-order valence-corrected chi connectivity index (χ2v) is 10.5. The van der Waals surface area contributed by atoms with Gasteiger partial charge >= 0.3 is 0 Å². The number of hydrogen-bond donors (Lipinski definition) is 0. The first-order chi connectivity index (χ1) is 12.0. The van der Waals surface area contributed by atoms with E-state index in [1.807, 2.05) is 0 Å². The van der Waals surface area contributed by atoms with Gasteiger partial charge in [-0.05, 0) is 54.8 Å². The van der Waals surface area contributed by atoms with Gasteiger partial charge in [-0.15, -0.1) is 0 Å². The van der Waals surface area contributed by atoms with Crippen molar-refractivity contribution in [2.45, 2.75) is 29.2 Å². The number of halogens is 2. The zero-order valence-electron chi connectivity index (χ0n) is 14.1. The summed E-state index contributed by atoms with van der Waals surface area (Å²) in [5, 5.41) is -0.0605. The average molecular weight is 418 g/mol. The minimum absolute atomic E-state index is 0.0605. The molecule has 26 heavy (non-hydrogen) atoms. The minimum Gasteiger partial charge on any atom is -0.224 e. The van der Waals surface area contributed by atoms with E-state index in [-0.39, 0.29) is 21.4 Å². The van der Waals surface area contributed by atoms with Crippen LogP contribution in [0.15, 0.2) is 46.2 Å². The zero-order valence-corrected chi connectivity index (χ0v) is 16.5. The van der Waals surface area contributed by atoms with Gasteiger partial charge in [-0.25, -0.2) is 21.2 Å². The van der Waals surface area contributed by atoms with E-state index in [1.165, 1.54) is 28.6 Å². The van der Waals surface area contributed by atoms with Crippen LogP contribution in [0.1, 0.15) is 24.1 Å². The molecule has 1 atom stereocenters. The third-order valence-corrected chi connectivity index (χ3v) is 8.07. The Hall–Kier alpha value is -1.48. The van der Waals surface area contributed by atoms with Gasteiger partial charge in [0, 0.05) is 18.8 Å².